The number of methoxy groups -OCH3 is 1. The van der Waals surface area contributed by atoms with Crippen molar-refractivity contribution < 1.29 is 13.9 Å². The van der Waals surface area contributed by atoms with E-state index in [0.29, 0.717) is 22.0 Å². The van der Waals surface area contributed by atoms with E-state index < -0.39 is 0 Å². The number of nitrogens with one attached hydrogen (secondary N) is 1. The lowest BCUT2D eigenvalue weighted by Gasteiger charge is -2.06. The molecule has 0 aliphatic carbocycles. The Morgan fingerprint density at radius 3 is 2.62 bits per heavy atom. The summed E-state index contributed by atoms with van der Waals surface area (Å²) < 4.78 is 12.1. The number of amides is 1. The molecule has 3 aromatic carbocycles. The minimum Gasteiger partial charge on any atom is -0.497 e. The number of ether oxygens (including phenoxy) is 1. The molecule has 0 radical (unpaired) electrons. The molecule has 1 N–H and O–H groups in total. The van der Waals surface area contributed by atoms with Gasteiger partial charge in [-0.2, -0.15) is 0 Å². The Bertz CT molecular complexity index is 1540. The molecule has 2 heterocycles. The van der Waals surface area contributed by atoms with E-state index in [1.807, 2.05) is 78.2 Å². The summed E-state index contributed by atoms with van der Waals surface area (Å²) in [5.74, 6) is 0.421. The van der Waals surface area contributed by atoms with Gasteiger partial charge >= 0.3 is 0 Å². The average molecular weight is 532 g/mol. The average Bonchev–Trinajstić information content (AvgIpc) is 3.33. The number of aromatic nitrogens is 1. The number of benzene rings is 3. The van der Waals surface area contributed by atoms with Crippen LogP contribution in [0.5, 0.6) is 5.75 Å². The number of anilines is 1. The lowest BCUT2D eigenvalue weighted by Crippen LogP contribution is -2.21. The summed E-state index contributed by atoms with van der Waals surface area (Å²) in [6.07, 6.45) is 0. The van der Waals surface area contributed by atoms with Crippen molar-refractivity contribution >= 4 is 55.0 Å². The van der Waals surface area contributed by atoms with Crippen LogP contribution in [0.15, 0.2) is 98.1 Å². The second-order valence-corrected chi connectivity index (χ2v) is 9.09. The molecule has 168 valence electrons. The molecule has 0 spiro atoms. The van der Waals surface area contributed by atoms with Crippen LogP contribution in [0.25, 0.3) is 22.2 Å². The molecule has 0 aliphatic rings. The van der Waals surface area contributed by atoms with Gasteiger partial charge in [-0.1, -0.05) is 34.1 Å². The zero-order valence-electron chi connectivity index (χ0n) is 18.0. The van der Waals surface area contributed by atoms with Crippen molar-refractivity contribution in [1.82, 2.24) is 4.98 Å². The Hall–Kier alpha value is -3.75. The summed E-state index contributed by atoms with van der Waals surface area (Å²) in [5, 5.41) is 6.05. The summed E-state index contributed by atoms with van der Waals surface area (Å²) in [5.41, 5.74) is 3.56. The van der Waals surface area contributed by atoms with Crippen molar-refractivity contribution in [1.29, 1.82) is 0 Å². The van der Waals surface area contributed by atoms with Crippen LogP contribution >= 0.6 is 27.3 Å². The maximum Gasteiger partial charge on any atom is 0.262 e. The van der Waals surface area contributed by atoms with Gasteiger partial charge in [-0.15, -0.1) is 11.3 Å². The van der Waals surface area contributed by atoms with Crippen LogP contribution in [-0.2, 0) is 0 Å². The summed E-state index contributed by atoms with van der Waals surface area (Å²) in [4.78, 5) is 22.4. The Morgan fingerprint density at radius 1 is 1.06 bits per heavy atom. The zero-order valence-corrected chi connectivity index (χ0v) is 20.4. The fourth-order valence-electron chi connectivity index (χ4n) is 3.36. The maximum atomic E-state index is 13.3. The lowest BCUT2D eigenvalue weighted by atomic mass is 10.1. The second-order valence-electron chi connectivity index (χ2n) is 7.32. The highest BCUT2D eigenvalue weighted by Crippen LogP contribution is 2.27. The van der Waals surface area contributed by atoms with Crippen LogP contribution in [0.3, 0.4) is 0 Å². The lowest BCUT2D eigenvalue weighted by molar-refractivity contribution is 0.102. The van der Waals surface area contributed by atoms with Gasteiger partial charge in [0.1, 0.15) is 16.9 Å². The third kappa shape index (κ3) is 4.78. The third-order valence-electron chi connectivity index (χ3n) is 5.05. The molecule has 0 bridgehead atoms. The van der Waals surface area contributed by atoms with Gasteiger partial charge in [0.2, 0.25) is 5.55 Å². The standard InChI is InChI=1S/C26H18BrN3O3S/c1-32-20-10-7-16(8-11-20)22-15-34-26(29-22)30-24(31)21-14-17-13-18(27)9-12-23(17)33-25(21)28-19-5-3-2-4-6-19/h2-15H,1H3,(H,29,30,31). The van der Waals surface area contributed by atoms with Crippen LogP contribution < -0.4 is 15.6 Å². The van der Waals surface area contributed by atoms with Gasteiger partial charge in [-0.3, -0.25) is 10.1 Å². The molecular weight excluding hydrogens is 514 g/mol. The topological polar surface area (TPSA) is 76.7 Å². The van der Waals surface area contributed by atoms with E-state index >= 15 is 0 Å². The van der Waals surface area contributed by atoms with Crippen LogP contribution in [0.1, 0.15) is 10.4 Å². The minimum atomic E-state index is -0.351. The number of rotatable bonds is 5. The number of carbonyl (C=O) groups is 1. The first-order valence-electron chi connectivity index (χ1n) is 10.3. The summed E-state index contributed by atoms with van der Waals surface area (Å²) in [6, 6.07) is 24.4. The Morgan fingerprint density at radius 2 is 1.85 bits per heavy atom. The van der Waals surface area contributed by atoms with Crippen molar-refractivity contribution in [2.24, 2.45) is 4.99 Å². The molecule has 5 rings (SSSR count). The molecule has 8 heteroatoms. The van der Waals surface area contributed by atoms with E-state index in [0.717, 1.165) is 26.9 Å². The first-order chi connectivity index (χ1) is 16.6. The molecule has 1 amide bonds. The van der Waals surface area contributed by atoms with Gasteiger partial charge in [0.05, 0.1) is 18.5 Å². The van der Waals surface area contributed by atoms with Crippen molar-refractivity contribution in [2.45, 2.75) is 0 Å². The molecule has 0 fully saturated rings. The van der Waals surface area contributed by atoms with E-state index in [4.69, 9.17) is 9.15 Å². The molecule has 0 aliphatic heterocycles. The van der Waals surface area contributed by atoms with Gasteiger partial charge in [-0.25, -0.2) is 9.98 Å². The molecule has 6 nitrogen and oxygen atoms in total. The molecule has 0 atom stereocenters. The fourth-order valence-corrected chi connectivity index (χ4v) is 4.45. The van der Waals surface area contributed by atoms with Crippen LogP contribution in [0.4, 0.5) is 10.8 Å². The third-order valence-corrected chi connectivity index (χ3v) is 6.30. The van der Waals surface area contributed by atoms with E-state index in [1.165, 1.54) is 11.3 Å². The molecule has 5 aromatic rings. The first kappa shape index (κ1) is 22.1. The van der Waals surface area contributed by atoms with E-state index in [-0.39, 0.29) is 11.5 Å². The molecule has 0 saturated heterocycles. The first-order valence-corrected chi connectivity index (χ1v) is 12.0. The summed E-state index contributed by atoms with van der Waals surface area (Å²) in [7, 11) is 1.63. The van der Waals surface area contributed by atoms with E-state index in [1.54, 1.807) is 13.2 Å². The smallest absolute Gasteiger partial charge is 0.262 e. The number of thiazole rings is 1. The van der Waals surface area contributed by atoms with Gasteiger partial charge < -0.3 is 9.15 Å². The zero-order chi connectivity index (χ0) is 23.5. The van der Waals surface area contributed by atoms with Crippen molar-refractivity contribution in [2.75, 3.05) is 12.4 Å². The van der Waals surface area contributed by atoms with Crippen molar-refractivity contribution in [3.05, 3.63) is 99.8 Å². The minimum absolute atomic E-state index is 0.227. The van der Waals surface area contributed by atoms with E-state index in [2.05, 4.69) is 31.2 Å². The predicted octanol–water partition coefficient (Wildman–Crippen LogP) is 6.81. The van der Waals surface area contributed by atoms with Crippen molar-refractivity contribution in [3.63, 3.8) is 0 Å². The quantitative estimate of drug-likeness (QED) is 0.270. The summed E-state index contributed by atoms with van der Waals surface area (Å²) in [6.45, 7) is 0. The molecule has 0 unspecified atom stereocenters. The Balaban J connectivity index is 1.50. The van der Waals surface area contributed by atoms with Gasteiger partial charge in [0.25, 0.3) is 5.91 Å². The monoisotopic (exact) mass is 531 g/mol. The van der Waals surface area contributed by atoms with Crippen LogP contribution in [0.2, 0.25) is 0 Å². The largest absolute Gasteiger partial charge is 0.497 e. The normalized spacial score (nSPS) is 11.5. The predicted molar refractivity (Wildman–Crippen MR) is 138 cm³/mol. The number of hydrogen-bond acceptors (Lipinski definition) is 6. The van der Waals surface area contributed by atoms with Crippen molar-refractivity contribution in [3.8, 4) is 17.0 Å². The molecular formula is C26H18BrN3O3S. The second kappa shape index (κ2) is 9.62. The maximum absolute atomic E-state index is 13.3. The number of halogens is 1. The van der Waals surface area contributed by atoms with Crippen LogP contribution in [-0.4, -0.2) is 18.0 Å². The van der Waals surface area contributed by atoms with Gasteiger partial charge in [0.15, 0.2) is 5.13 Å². The fraction of sp³-hybridized carbons (Fsp3) is 0.0385. The number of para-hydroxylation sites is 1. The Kier molecular flexibility index (Phi) is 6.24. The highest BCUT2D eigenvalue weighted by atomic mass is 79.9. The highest BCUT2D eigenvalue weighted by molar-refractivity contribution is 9.10. The summed E-state index contributed by atoms with van der Waals surface area (Å²) >= 11 is 4.82. The SMILES string of the molecule is COc1ccc(-c2csc(NC(=O)c3cc4cc(Br)ccc4oc3=Nc3ccccc3)n2)cc1. The molecule has 34 heavy (non-hydrogen) atoms. The van der Waals surface area contributed by atoms with Crippen LogP contribution in [0, 0.1) is 0 Å². The van der Waals surface area contributed by atoms with Gasteiger partial charge in [0, 0.05) is 20.8 Å². The molecule has 2 aromatic heterocycles. The molecule has 0 saturated carbocycles. The van der Waals surface area contributed by atoms with E-state index in [9.17, 15) is 4.79 Å². The Labute approximate surface area is 207 Å². The number of hydrogen-bond donors (Lipinski definition) is 1. The number of nitrogens with zero attached hydrogens (tertiary/aromatic N) is 2. The van der Waals surface area contributed by atoms with Gasteiger partial charge in [-0.05, 0) is 60.7 Å². The number of carbonyl (C=O) groups excluding carboxylic acids is 1. The highest BCUT2D eigenvalue weighted by Gasteiger charge is 2.15. The number of fused-ring (bicyclic) bond motifs is 1.